The predicted octanol–water partition coefficient (Wildman–Crippen LogP) is 4.64. The molecule has 0 spiro atoms. The molecular weight excluding hydrogens is 466 g/mol. The first-order valence-electron chi connectivity index (χ1n) is 10.5. The Bertz CT molecular complexity index is 1120. The van der Waals surface area contributed by atoms with Crippen molar-refractivity contribution in [1.82, 2.24) is 5.32 Å². The second-order valence-electron chi connectivity index (χ2n) is 8.15. The molecule has 6 nitrogen and oxygen atoms in total. The standard InChI is InChI=1S/C22H20F6N4O2/c23-21(24,25)11-1-2-14(17(7-11)30-12-3-5-29-6-4-12)20(34)31-13-8-16(22(26,27)28)15-10-19(33)32-18(15)9-13/h1-2,7-9,12,29-30H,3-6,10H2,(H,31,34)(H,32,33). The predicted molar refractivity (Wildman–Crippen MR) is 113 cm³/mol. The average molecular weight is 486 g/mol. The van der Waals surface area contributed by atoms with Crippen molar-refractivity contribution in [1.29, 1.82) is 0 Å². The van der Waals surface area contributed by atoms with Crippen LogP contribution in [-0.4, -0.2) is 30.9 Å². The normalized spacial score (nSPS) is 16.7. The Morgan fingerprint density at radius 1 is 0.971 bits per heavy atom. The van der Waals surface area contributed by atoms with Gasteiger partial charge in [0, 0.05) is 23.1 Å². The third kappa shape index (κ3) is 5.11. The topological polar surface area (TPSA) is 82.3 Å². The van der Waals surface area contributed by atoms with Crippen LogP contribution < -0.4 is 21.3 Å². The van der Waals surface area contributed by atoms with Gasteiger partial charge in [-0.2, -0.15) is 26.3 Å². The number of piperidine rings is 1. The summed E-state index contributed by atoms with van der Waals surface area (Å²) in [5.74, 6) is -1.50. The Hall–Kier alpha value is -3.28. The van der Waals surface area contributed by atoms with Crippen molar-refractivity contribution in [3.63, 3.8) is 0 Å². The summed E-state index contributed by atoms with van der Waals surface area (Å²) in [6.45, 7) is 1.30. The first-order chi connectivity index (χ1) is 15.9. The van der Waals surface area contributed by atoms with E-state index in [2.05, 4.69) is 21.3 Å². The van der Waals surface area contributed by atoms with Gasteiger partial charge in [-0.1, -0.05) is 0 Å². The molecule has 0 atom stereocenters. The first-order valence-corrected chi connectivity index (χ1v) is 10.5. The Morgan fingerprint density at radius 2 is 1.68 bits per heavy atom. The lowest BCUT2D eigenvalue weighted by Crippen LogP contribution is -2.35. The fourth-order valence-electron chi connectivity index (χ4n) is 4.08. The van der Waals surface area contributed by atoms with E-state index >= 15 is 0 Å². The molecule has 0 radical (unpaired) electrons. The van der Waals surface area contributed by atoms with Gasteiger partial charge in [0.05, 0.1) is 23.1 Å². The van der Waals surface area contributed by atoms with Crippen LogP contribution in [0.5, 0.6) is 0 Å². The summed E-state index contributed by atoms with van der Waals surface area (Å²) < 4.78 is 80.3. The van der Waals surface area contributed by atoms with E-state index in [0.717, 1.165) is 18.2 Å². The van der Waals surface area contributed by atoms with Crippen LogP contribution >= 0.6 is 0 Å². The van der Waals surface area contributed by atoms with Gasteiger partial charge in [-0.25, -0.2) is 0 Å². The van der Waals surface area contributed by atoms with Crippen molar-refractivity contribution in [2.75, 3.05) is 29.0 Å². The van der Waals surface area contributed by atoms with Gasteiger partial charge in [-0.05, 0) is 61.8 Å². The number of benzene rings is 2. The fourth-order valence-corrected chi connectivity index (χ4v) is 4.08. The van der Waals surface area contributed by atoms with Crippen molar-refractivity contribution < 1.29 is 35.9 Å². The van der Waals surface area contributed by atoms with Gasteiger partial charge in [0.25, 0.3) is 5.91 Å². The minimum absolute atomic E-state index is 0.0651. The van der Waals surface area contributed by atoms with Crippen molar-refractivity contribution >= 4 is 28.9 Å². The zero-order chi connectivity index (χ0) is 24.7. The van der Waals surface area contributed by atoms with Crippen LogP contribution in [0.3, 0.4) is 0 Å². The van der Waals surface area contributed by atoms with E-state index in [4.69, 9.17) is 0 Å². The Labute approximate surface area is 190 Å². The molecule has 0 unspecified atom stereocenters. The Balaban J connectivity index is 1.66. The number of carbonyl (C=O) groups excluding carboxylic acids is 2. The second-order valence-corrected chi connectivity index (χ2v) is 8.15. The number of rotatable bonds is 4. The van der Waals surface area contributed by atoms with Crippen molar-refractivity contribution in [2.45, 2.75) is 37.7 Å². The summed E-state index contributed by atoms with van der Waals surface area (Å²) >= 11 is 0. The Morgan fingerprint density at radius 3 is 2.32 bits per heavy atom. The minimum Gasteiger partial charge on any atom is -0.382 e. The zero-order valence-corrected chi connectivity index (χ0v) is 17.6. The lowest BCUT2D eigenvalue weighted by molar-refractivity contribution is -0.138. The van der Waals surface area contributed by atoms with E-state index in [1.807, 2.05) is 0 Å². The number of alkyl halides is 6. The number of hydrogen-bond donors (Lipinski definition) is 4. The number of fused-ring (bicyclic) bond motifs is 1. The van der Waals surface area contributed by atoms with Gasteiger partial charge >= 0.3 is 12.4 Å². The molecule has 4 N–H and O–H groups in total. The van der Waals surface area contributed by atoms with Crippen LogP contribution in [0.1, 0.15) is 39.9 Å². The molecular formula is C22H20F6N4O2. The molecule has 2 aromatic carbocycles. The molecule has 34 heavy (non-hydrogen) atoms. The van der Waals surface area contributed by atoms with Crippen LogP contribution in [-0.2, 0) is 23.6 Å². The monoisotopic (exact) mass is 486 g/mol. The van der Waals surface area contributed by atoms with Crippen LogP contribution in [0, 0.1) is 0 Å². The zero-order valence-electron chi connectivity index (χ0n) is 17.6. The van der Waals surface area contributed by atoms with Gasteiger partial charge < -0.3 is 21.3 Å². The molecule has 2 amide bonds. The highest BCUT2D eigenvalue weighted by Gasteiger charge is 2.38. The van der Waals surface area contributed by atoms with E-state index < -0.39 is 41.7 Å². The highest BCUT2D eigenvalue weighted by Crippen LogP contribution is 2.40. The lowest BCUT2D eigenvalue weighted by atomic mass is 10.0. The van der Waals surface area contributed by atoms with E-state index in [0.29, 0.717) is 32.0 Å². The third-order valence-electron chi connectivity index (χ3n) is 5.71. The van der Waals surface area contributed by atoms with Crippen LogP contribution in [0.15, 0.2) is 30.3 Å². The van der Waals surface area contributed by atoms with E-state index in [1.54, 1.807) is 0 Å². The van der Waals surface area contributed by atoms with Crippen LogP contribution in [0.25, 0.3) is 0 Å². The highest BCUT2D eigenvalue weighted by atomic mass is 19.4. The summed E-state index contributed by atoms with van der Waals surface area (Å²) in [4.78, 5) is 24.6. The van der Waals surface area contributed by atoms with Gasteiger partial charge in [0.1, 0.15) is 0 Å². The summed E-state index contributed by atoms with van der Waals surface area (Å²) in [5, 5.41) is 10.7. The fraction of sp³-hybridized carbons (Fsp3) is 0.364. The minimum atomic E-state index is -4.77. The maximum absolute atomic E-state index is 13.5. The average Bonchev–Trinajstić information content (AvgIpc) is 3.12. The van der Waals surface area contributed by atoms with Crippen molar-refractivity contribution in [3.05, 3.63) is 52.6 Å². The third-order valence-corrected chi connectivity index (χ3v) is 5.71. The molecule has 1 saturated heterocycles. The summed E-state index contributed by atoms with van der Waals surface area (Å²) in [5.41, 5.74) is -2.78. The molecule has 2 aromatic rings. The number of nitrogens with one attached hydrogen (secondary N) is 4. The molecule has 12 heteroatoms. The number of amides is 2. The molecule has 0 aromatic heterocycles. The second kappa shape index (κ2) is 8.82. The van der Waals surface area contributed by atoms with Gasteiger partial charge in [0.15, 0.2) is 0 Å². The quantitative estimate of drug-likeness (QED) is 0.475. The maximum atomic E-state index is 13.5. The molecule has 4 rings (SSSR count). The number of halogens is 6. The van der Waals surface area contributed by atoms with E-state index in [-0.39, 0.29) is 34.2 Å². The molecule has 1 fully saturated rings. The largest absolute Gasteiger partial charge is 0.416 e. The first kappa shape index (κ1) is 23.9. The molecule has 2 heterocycles. The highest BCUT2D eigenvalue weighted by molar-refractivity contribution is 6.09. The summed E-state index contributed by atoms with van der Waals surface area (Å²) in [6.07, 6.45) is -8.61. The summed E-state index contributed by atoms with van der Waals surface area (Å²) in [7, 11) is 0. The molecule has 0 saturated carbocycles. The molecule has 0 bridgehead atoms. The van der Waals surface area contributed by atoms with Crippen LogP contribution in [0.2, 0.25) is 0 Å². The van der Waals surface area contributed by atoms with Gasteiger partial charge in [-0.3, -0.25) is 9.59 Å². The SMILES string of the molecule is O=C1Cc2c(cc(NC(=O)c3ccc(C(F)(F)F)cc3NC3CCNCC3)cc2C(F)(F)F)N1. The lowest BCUT2D eigenvalue weighted by Gasteiger charge is -2.26. The summed E-state index contributed by atoms with van der Waals surface area (Å²) in [6, 6.07) is 4.27. The van der Waals surface area contributed by atoms with E-state index in [1.165, 1.54) is 6.07 Å². The molecule has 2 aliphatic heterocycles. The van der Waals surface area contributed by atoms with Gasteiger partial charge in [-0.15, -0.1) is 0 Å². The number of carbonyl (C=O) groups is 2. The van der Waals surface area contributed by atoms with Crippen molar-refractivity contribution in [2.24, 2.45) is 0 Å². The molecule has 0 aliphatic carbocycles. The number of anilines is 3. The molecule has 2 aliphatic rings. The number of hydrogen-bond acceptors (Lipinski definition) is 4. The Kier molecular flexibility index (Phi) is 6.19. The molecule has 182 valence electrons. The smallest absolute Gasteiger partial charge is 0.382 e. The van der Waals surface area contributed by atoms with E-state index in [9.17, 15) is 35.9 Å². The van der Waals surface area contributed by atoms with Crippen molar-refractivity contribution in [3.8, 4) is 0 Å². The maximum Gasteiger partial charge on any atom is 0.416 e. The van der Waals surface area contributed by atoms with Gasteiger partial charge in [0.2, 0.25) is 5.91 Å². The van der Waals surface area contributed by atoms with Crippen LogP contribution in [0.4, 0.5) is 43.4 Å².